The van der Waals surface area contributed by atoms with E-state index in [-0.39, 0.29) is 0 Å². The number of fused-ring (bicyclic) bond motifs is 1. The molecule has 0 atom stereocenters. The highest BCUT2D eigenvalue weighted by Crippen LogP contribution is 2.27. The molecule has 6 nitrogen and oxygen atoms in total. The fraction of sp³-hybridized carbons (Fsp3) is 0.182. The van der Waals surface area contributed by atoms with E-state index in [1.807, 2.05) is 54.6 Å². The summed E-state index contributed by atoms with van der Waals surface area (Å²) in [6.45, 7) is 0.331. The minimum atomic E-state index is -0.691. The monoisotopic (exact) mass is 378 g/mol. The lowest BCUT2D eigenvalue weighted by atomic mass is 10.1. The molecule has 0 aliphatic heterocycles. The van der Waals surface area contributed by atoms with E-state index in [0.717, 1.165) is 16.3 Å². The van der Waals surface area contributed by atoms with Crippen LogP contribution < -0.4 is 20.1 Å². The molecular weight excluding hydrogens is 356 g/mol. The van der Waals surface area contributed by atoms with Crippen LogP contribution in [0.4, 0.5) is 5.69 Å². The molecule has 3 aromatic rings. The van der Waals surface area contributed by atoms with Crippen molar-refractivity contribution in [1.82, 2.24) is 5.32 Å². The number of hydrogen-bond donors (Lipinski definition) is 2. The largest absolute Gasteiger partial charge is 0.493 e. The van der Waals surface area contributed by atoms with Gasteiger partial charge in [0.15, 0.2) is 11.5 Å². The quantitative estimate of drug-likeness (QED) is 0.646. The number of hydrogen-bond acceptors (Lipinski definition) is 4. The van der Waals surface area contributed by atoms with Gasteiger partial charge >= 0.3 is 11.8 Å². The first-order chi connectivity index (χ1) is 13.6. The third-order valence-corrected chi connectivity index (χ3v) is 4.39. The van der Waals surface area contributed by atoms with Crippen molar-refractivity contribution < 1.29 is 19.1 Å². The number of carbonyl (C=O) groups excluding carboxylic acids is 2. The Hall–Kier alpha value is -3.54. The Morgan fingerprint density at radius 1 is 0.857 bits per heavy atom. The average molecular weight is 378 g/mol. The zero-order valence-corrected chi connectivity index (χ0v) is 15.8. The maximum absolute atomic E-state index is 12.2. The second kappa shape index (κ2) is 8.90. The highest BCUT2D eigenvalue weighted by Gasteiger charge is 2.14. The predicted molar refractivity (Wildman–Crippen MR) is 109 cm³/mol. The van der Waals surface area contributed by atoms with Crippen molar-refractivity contribution in [2.45, 2.75) is 6.42 Å². The van der Waals surface area contributed by atoms with Gasteiger partial charge in [-0.05, 0) is 35.6 Å². The molecule has 2 N–H and O–H groups in total. The smallest absolute Gasteiger partial charge is 0.313 e. The highest BCUT2D eigenvalue weighted by atomic mass is 16.5. The third-order valence-electron chi connectivity index (χ3n) is 4.39. The van der Waals surface area contributed by atoms with Gasteiger partial charge in [0.25, 0.3) is 0 Å². The molecule has 28 heavy (non-hydrogen) atoms. The maximum Gasteiger partial charge on any atom is 0.313 e. The Morgan fingerprint density at radius 2 is 1.61 bits per heavy atom. The van der Waals surface area contributed by atoms with Crippen molar-refractivity contribution in [3.05, 3.63) is 66.2 Å². The normalized spacial score (nSPS) is 10.4. The van der Waals surface area contributed by atoms with Gasteiger partial charge < -0.3 is 20.1 Å². The number of benzene rings is 3. The van der Waals surface area contributed by atoms with Crippen LogP contribution in [0.25, 0.3) is 10.8 Å². The molecule has 0 bridgehead atoms. The molecule has 0 saturated carbocycles. The van der Waals surface area contributed by atoms with Gasteiger partial charge in [0, 0.05) is 17.6 Å². The van der Waals surface area contributed by atoms with E-state index in [1.165, 1.54) is 0 Å². The van der Waals surface area contributed by atoms with Gasteiger partial charge in [-0.15, -0.1) is 0 Å². The number of rotatable bonds is 6. The molecule has 3 aromatic carbocycles. The van der Waals surface area contributed by atoms with Crippen molar-refractivity contribution in [3.63, 3.8) is 0 Å². The van der Waals surface area contributed by atoms with Crippen LogP contribution in [0.2, 0.25) is 0 Å². The Kier molecular flexibility index (Phi) is 6.11. The minimum absolute atomic E-state index is 0.331. The summed E-state index contributed by atoms with van der Waals surface area (Å²) in [5.41, 5.74) is 1.57. The van der Waals surface area contributed by atoms with E-state index < -0.39 is 11.8 Å². The van der Waals surface area contributed by atoms with Gasteiger partial charge in [-0.3, -0.25) is 9.59 Å². The van der Waals surface area contributed by atoms with Gasteiger partial charge in [0.2, 0.25) is 0 Å². The van der Waals surface area contributed by atoms with Crippen LogP contribution in [0.3, 0.4) is 0 Å². The number of amides is 2. The van der Waals surface area contributed by atoms with Crippen LogP contribution >= 0.6 is 0 Å². The molecule has 0 fully saturated rings. The fourth-order valence-corrected chi connectivity index (χ4v) is 2.95. The summed E-state index contributed by atoms with van der Waals surface area (Å²) in [4.78, 5) is 24.4. The number of carbonyl (C=O) groups is 2. The predicted octanol–water partition coefficient (Wildman–Crippen LogP) is 3.15. The van der Waals surface area contributed by atoms with Crippen LogP contribution in [0.1, 0.15) is 5.56 Å². The standard InChI is InChI=1S/C22H22N2O4/c1-27-19-11-10-15(14-20(19)28-2)12-13-23-21(25)22(26)24-18-9-5-7-16-6-3-4-8-17(16)18/h3-11,14H,12-13H2,1-2H3,(H,23,25)(H,24,26). The third kappa shape index (κ3) is 4.40. The van der Waals surface area contributed by atoms with Crippen molar-refractivity contribution in [3.8, 4) is 11.5 Å². The molecule has 2 amide bonds. The van der Waals surface area contributed by atoms with E-state index in [2.05, 4.69) is 10.6 Å². The van der Waals surface area contributed by atoms with Gasteiger partial charge in [-0.1, -0.05) is 42.5 Å². The molecule has 144 valence electrons. The van der Waals surface area contributed by atoms with Crippen LogP contribution in [0.15, 0.2) is 60.7 Å². The van der Waals surface area contributed by atoms with E-state index in [0.29, 0.717) is 30.2 Å². The lowest BCUT2D eigenvalue weighted by molar-refractivity contribution is -0.136. The number of anilines is 1. The maximum atomic E-state index is 12.2. The highest BCUT2D eigenvalue weighted by molar-refractivity contribution is 6.40. The molecule has 6 heteroatoms. The molecule has 0 saturated heterocycles. The summed E-state index contributed by atoms with van der Waals surface area (Å²) >= 11 is 0. The summed E-state index contributed by atoms with van der Waals surface area (Å²) in [5, 5.41) is 7.20. The first kappa shape index (κ1) is 19.2. The Bertz CT molecular complexity index is 995. The number of nitrogens with one attached hydrogen (secondary N) is 2. The van der Waals surface area contributed by atoms with Crippen molar-refractivity contribution >= 4 is 28.3 Å². The molecule has 0 radical (unpaired) electrons. The molecule has 0 aliphatic rings. The van der Waals surface area contributed by atoms with E-state index in [1.54, 1.807) is 20.3 Å². The summed E-state index contributed by atoms with van der Waals surface area (Å²) in [5.74, 6) is -0.0955. The summed E-state index contributed by atoms with van der Waals surface area (Å²) in [6.07, 6.45) is 0.563. The second-order valence-electron chi connectivity index (χ2n) is 6.18. The molecule has 0 aromatic heterocycles. The van der Waals surface area contributed by atoms with E-state index >= 15 is 0 Å². The molecule has 3 rings (SSSR count). The van der Waals surface area contributed by atoms with Gasteiger partial charge in [-0.25, -0.2) is 0 Å². The molecular formula is C22H22N2O4. The minimum Gasteiger partial charge on any atom is -0.493 e. The summed E-state index contributed by atoms with van der Waals surface area (Å²) < 4.78 is 10.5. The first-order valence-corrected chi connectivity index (χ1v) is 8.90. The molecule has 0 heterocycles. The number of methoxy groups -OCH3 is 2. The van der Waals surface area contributed by atoms with Gasteiger partial charge in [0.05, 0.1) is 14.2 Å². The molecule has 0 aliphatic carbocycles. The Labute approximate surface area is 163 Å². The zero-order valence-electron chi connectivity index (χ0n) is 15.8. The lowest BCUT2D eigenvalue weighted by Crippen LogP contribution is -2.36. The first-order valence-electron chi connectivity index (χ1n) is 8.90. The van der Waals surface area contributed by atoms with E-state index in [4.69, 9.17) is 9.47 Å². The van der Waals surface area contributed by atoms with E-state index in [9.17, 15) is 9.59 Å². The SMILES string of the molecule is COc1ccc(CCNC(=O)C(=O)Nc2cccc3ccccc23)cc1OC. The Balaban J connectivity index is 1.57. The van der Waals surface area contributed by atoms with Crippen molar-refractivity contribution in [2.75, 3.05) is 26.1 Å². The van der Waals surface area contributed by atoms with Gasteiger partial charge in [-0.2, -0.15) is 0 Å². The summed E-state index contributed by atoms with van der Waals surface area (Å²) in [6, 6.07) is 18.8. The van der Waals surface area contributed by atoms with Crippen LogP contribution in [0, 0.1) is 0 Å². The van der Waals surface area contributed by atoms with Crippen LogP contribution in [-0.2, 0) is 16.0 Å². The van der Waals surface area contributed by atoms with Gasteiger partial charge in [0.1, 0.15) is 0 Å². The molecule has 0 unspecified atom stereocenters. The average Bonchev–Trinajstić information content (AvgIpc) is 2.73. The number of ether oxygens (including phenoxy) is 2. The van der Waals surface area contributed by atoms with Crippen LogP contribution in [-0.4, -0.2) is 32.6 Å². The fourth-order valence-electron chi connectivity index (χ4n) is 2.95. The topological polar surface area (TPSA) is 76.7 Å². The Morgan fingerprint density at radius 3 is 2.39 bits per heavy atom. The van der Waals surface area contributed by atoms with Crippen molar-refractivity contribution in [2.24, 2.45) is 0 Å². The zero-order chi connectivity index (χ0) is 19.9. The summed E-state index contributed by atoms with van der Waals surface area (Å²) in [7, 11) is 3.15. The van der Waals surface area contributed by atoms with Crippen molar-refractivity contribution in [1.29, 1.82) is 0 Å². The second-order valence-corrected chi connectivity index (χ2v) is 6.18. The van der Waals surface area contributed by atoms with Crippen LogP contribution in [0.5, 0.6) is 11.5 Å². The molecule has 0 spiro atoms. The lowest BCUT2D eigenvalue weighted by Gasteiger charge is -2.11.